The van der Waals surface area contributed by atoms with Crippen molar-refractivity contribution in [1.82, 2.24) is 9.97 Å². The van der Waals surface area contributed by atoms with Crippen LogP contribution in [0.5, 0.6) is 11.6 Å². The fourth-order valence-corrected chi connectivity index (χ4v) is 2.25. The van der Waals surface area contributed by atoms with Gasteiger partial charge in [0.15, 0.2) is 5.69 Å². The highest BCUT2D eigenvalue weighted by Gasteiger charge is 2.12. The van der Waals surface area contributed by atoms with Gasteiger partial charge in [-0.15, -0.1) is 0 Å². The molecule has 6 heteroatoms. The van der Waals surface area contributed by atoms with Crippen LogP contribution in [0.2, 0.25) is 5.02 Å². The van der Waals surface area contributed by atoms with Crippen molar-refractivity contribution in [3.63, 3.8) is 0 Å². The molecule has 0 saturated heterocycles. The van der Waals surface area contributed by atoms with Gasteiger partial charge in [-0.05, 0) is 36.1 Å². The lowest BCUT2D eigenvalue weighted by atomic mass is 10.0. The monoisotopic (exact) mass is 306 g/mol. The number of carboxylic acid groups (broad SMARTS) is 1. The number of carboxylic acids is 1. The van der Waals surface area contributed by atoms with Crippen molar-refractivity contribution in [3.05, 3.63) is 46.4 Å². The van der Waals surface area contributed by atoms with Crippen LogP contribution in [0.3, 0.4) is 0 Å². The first kappa shape index (κ1) is 15.3. The molecule has 21 heavy (non-hydrogen) atoms. The number of benzene rings is 1. The molecule has 0 unspecified atom stereocenters. The summed E-state index contributed by atoms with van der Waals surface area (Å²) in [6, 6.07) is 3.71. The Morgan fingerprint density at radius 1 is 1.29 bits per heavy atom. The van der Waals surface area contributed by atoms with E-state index in [1.165, 1.54) is 6.20 Å². The highest BCUT2D eigenvalue weighted by Crippen LogP contribution is 2.33. The first-order valence-electron chi connectivity index (χ1n) is 6.41. The third-order valence-corrected chi connectivity index (χ3v) is 3.31. The first-order valence-corrected chi connectivity index (χ1v) is 6.79. The third kappa shape index (κ3) is 3.49. The van der Waals surface area contributed by atoms with Gasteiger partial charge in [0.2, 0.25) is 5.88 Å². The van der Waals surface area contributed by atoms with Gasteiger partial charge in [0.05, 0.1) is 12.4 Å². The van der Waals surface area contributed by atoms with E-state index in [2.05, 4.69) is 9.97 Å². The molecule has 0 aliphatic carbocycles. The fourth-order valence-electron chi connectivity index (χ4n) is 1.81. The normalized spacial score (nSPS) is 10.7. The smallest absolute Gasteiger partial charge is 0.356 e. The summed E-state index contributed by atoms with van der Waals surface area (Å²) in [6.07, 6.45) is 2.44. The van der Waals surface area contributed by atoms with E-state index in [1.54, 1.807) is 0 Å². The summed E-state index contributed by atoms with van der Waals surface area (Å²) >= 11 is 6.21. The summed E-state index contributed by atoms with van der Waals surface area (Å²) in [5.41, 5.74) is 1.72. The van der Waals surface area contributed by atoms with Crippen molar-refractivity contribution in [2.75, 3.05) is 0 Å². The molecule has 2 rings (SSSR count). The molecule has 1 N–H and O–H groups in total. The van der Waals surface area contributed by atoms with Crippen molar-refractivity contribution in [2.45, 2.75) is 26.7 Å². The highest BCUT2D eigenvalue weighted by atomic mass is 35.5. The molecule has 0 atom stereocenters. The van der Waals surface area contributed by atoms with Gasteiger partial charge in [-0.1, -0.05) is 25.4 Å². The Labute approximate surface area is 127 Å². The second kappa shape index (κ2) is 6.10. The molecular weight excluding hydrogens is 292 g/mol. The van der Waals surface area contributed by atoms with Crippen molar-refractivity contribution >= 4 is 17.6 Å². The van der Waals surface area contributed by atoms with Gasteiger partial charge in [0.1, 0.15) is 5.75 Å². The second-order valence-electron chi connectivity index (χ2n) is 4.94. The van der Waals surface area contributed by atoms with Gasteiger partial charge in [-0.3, -0.25) is 0 Å². The molecule has 0 amide bonds. The average molecular weight is 307 g/mol. The predicted molar refractivity (Wildman–Crippen MR) is 79.3 cm³/mol. The number of rotatable bonds is 4. The highest BCUT2D eigenvalue weighted by molar-refractivity contribution is 6.31. The van der Waals surface area contributed by atoms with Crippen molar-refractivity contribution in [2.24, 2.45) is 0 Å². The molecular formula is C15H15ClN2O3. The summed E-state index contributed by atoms with van der Waals surface area (Å²) in [4.78, 5) is 18.4. The zero-order chi connectivity index (χ0) is 15.6. The van der Waals surface area contributed by atoms with E-state index in [9.17, 15) is 4.79 Å². The van der Waals surface area contributed by atoms with E-state index >= 15 is 0 Å². The van der Waals surface area contributed by atoms with E-state index in [1.807, 2.05) is 32.9 Å². The Morgan fingerprint density at radius 2 is 2.00 bits per heavy atom. The molecule has 1 aromatic carbocycles. The van der Waals surface area contributed by atoms with E-state index in [0.717, 1.165) is 17.3 Å². The molecule has 2 aromatic rings. The summed E-state index contributed by atoms with van der Waals surface area (Å²) in [6.45, 7) is 5.97. The minimum atomic E-state index is -1.13. The SMILES string of the molecule is Cc1cc(Cl)c(C(C)C)cc1Oc1cnc(C(=O)O)cn1. The predicted octanol–water partition coefficient (Wildman–Crippen LogP) is 4.05. The fraction of sp³-hybridized carbons (Fsp3) is 0.267. The van der Waals surface area contributed by atoms with Crippen LogP contribution in [0.4, 0.5) is 0 Å². The van der Waals surface area contributed by atoms with Gasteiger partial charge in [0.25, 0.3) is 0 Å². The zero-order valence-corrected chi connectivity index (χ0v) is 12.7. The number of carbonyl (C=O) groups is 1. The maximum atomic E-state index is 10.7. The van der Waals surface area contributed by atoms with Crippen molar-refractivity contribution < 1.29 is 14.6 Å². The molecule has 0 radical (unpaired) electrons. The Bertz CT molecular complexity index is 669. The third-order valence-electron chi connectivity index (χ3n) is 2.98. The van der Waals surface area contributed by atoms with Crippen molar-refractivity contribution in [1.29, 1.82) is 0 Å². The van der Waals surface area contributed by atoms with Crippen LogP contribution in [0, 0.1) is 6.92 Å². The number of aryl methyl sites for hydroxylation is 1. The molecule has 5 nitrogen and oxygen atoms in total. The molecule has 0 fully saturated rings. The van der Waals surface area contributed by atoms with Crippen LogP contribution < -0.4 is 4.74 Å². The Balaban J connectivity index is 2.30. The van der Waals surface area contributed by atoms with E-state index < -0.39 is 5.97 Å². The quantitative estimate of drug-likeness (QED) is 0.922. The Kier molecular flexibility index (Phi) is 4.43. The van der Waals surface area contributed by atoms with E-state index in [0.29, 0.717) is 10.8 Å². The largest absolute Gasteiger partial charge is 0.476 e. The van der Waals surface area contributed by atoms with Crippen LogP contribution in [-0.4, -0.2) is 21.0 Å². The molecule has 110 valence electrons. The number of halogens is 1. The lowest BCUT2D eigenvalue weighted by Crippen LogP contribution is -2.02. The summed E-state index contributed by atoms with van der Waals surface area (Å²) in [7, 11) is 0. The van der Waals surface area contributed by atoms with Gasteiger partial charge >= 0.3 is 5.97 Å². The van der Waals surface area contributed by atoms with Crippen LogP contribution in [-0.2, 0) is 0 Å². The molecule has 0 spiro atoms. The second-order valence-corrected chi connectivity index (χ2v) is 5.35. The number of hydrogen-bond donors (Lipinski definition) is 1. The summed E-state index contributed by atoms with van der Waals surface area (Å²) in [5.74, 6) is 0.000316. The number of hydrogen-bond acceptors (Lipinski definition) is 4. The molecule has 1 aromatic heterocycles. The van der Waals surface area contributed by atoms with Gasteiger partial charge in [0, 0.05) is 5.02 Å². The number of ether oxygens (including phenoxy) is 1. The lowest BCUT2D eigenvalue weighted by Gasteiger charge is -2.13. The summed E-state index contributed by atoms with van der Waals surface area (Å²) in [5, 5.41) is 9.48. The maximum absolute atomic E-state index is 10.7. The lowest BCUT2D eigenvalue weighted by molar-refractivity contribution is 0.0690. The average Bonchev–Trinajstić information content (AvgIpc) is 2.42. The van der Waals surface area contributed by atoms with Crippen LogP contribution >= 0.6 is 11.6 Å². The number of aromatic nitrogens is 2. The molecule has 0 aliphatic rings. The standard InChI is InChI=1S/C15H15ClN2O3/c1-8(2)10-5-13(9(3)4-11(10)16)21-14-7-17-12(6-18-14)15(19)20/h4-8H,1-3H3,(H,19,20). The Morgan fingerprint density at radius 3 is 2.52 bits per heavy atom. The van der Waals surface area contributed by atoms with Crippen LogP contribution in [0.25, 0.3) is 0 Å². The minimum Gasteiger partial charge on any atom is -0.476 e. The summed E-state index contributed by atoms with van der Waals surface area (Å²) < 4.78 is 5.66. The van der Waals surface area contributed by atoms with E-state index in [4.69, 9.17) is 21.4 Å². The zero-order valence-electron chi connectivity index (χ0n) is 11.9. The van der Waals surface area contributed by atoms with Crippen molar-refractivity contribution in [3.8, 4) is 11.6 Å². The number of nitrogens with zero attached hydrogens (tertiary/aromatic N) is 2. The van der Waals surface area contributed by atoms with E-state index in [-0.39, 0.29) is 17.5 Å². The first-order chi connectivity index (χ1) is 9.88. The molecule has 0 saturated carbocycles. The number of aromatic carboxylic acids is 1. The molecule has 0 bridgehead atoms. The van der Waals surface area contributed by atoms with Gasteiger partial charge in [-0.2, -0.15) is 0 Å². The van der Waals surface area contributed by atoms with Gasteiger partial charge < -0.3 is 9.84 Å². The molecule has 0 aliphatic heterocycles. The molecule has 1 heterocycles. The van der Waals surface area contributed by atoms with Crippen LogP contribution in [0.1, 0.15) is 41.4 Å². The maximum Gasteiger partial charge on any atom is 0.356 e. The van der Waals surface area contributed by atoms with Crippen LogP contribution in [0.15, 0.2) is 24.5 Å². The topological polar surface area (TPSA) is 72.3 Å². The van der Waals surface area contributed by atoms with Gasteiger partial charge in [-0.25, -0.2) is 14.8 Å². The Hall–Kier alpha value is -2.14. The minimum absolute atomic E-state index is 0.127.